The van der Waals surface area contributed by atoms with E-state index in [-0.39, 0.29) is 10.3 Å². The molecule has 2 heterocycles. The van der Waals surface area contributed by atoms with Gasteiger partial charge in [-0.05, 0) is 40.8 Å². The summed E-state index contributed by atoms with van der Waals surface area (Å²) in [6, 6.07) is 16.9. The number of rotatable bonds is 3. The predicted molar refractivity (Wildman–Crippen MR) is 120 cm³/mol. The lowest BCUT2D eigenvalue weighted by Gasteiger charge is -2.19. The molecule has 0 atom stereocenters. The highest BCUT2D eigenvalue weighted by molar-refractivity contribution is 7.90. The molecule has 7 heteroatoms. The minimum Gasteiger partial charge on any atom is -0.365 e. The number of aromatic nitrogens is 1. The number of benzene rings is 2. The summed E-state index contributed by atoms with van der Waals surface area (Å²) in [6.07, 6.45) is 1.62. The molecule has 3 aromatic rings. The first-order valence-corrected chi connectivity index (χ1v) is 11.4. The number of halogens is 1. The molecular weight excluding hydrogens is 418 g/mol. The molecule has 1 aliphatic rings. The minimum atomic E-state index is -3.77. The van der Waals surface area contributed by atoms with Gasteiger partial charge in [-0.1, -0.05) is 62.7 Å². The van der Waals surface area contributed by atoms with Crippen LogP contribution in [0.25, 0.3) is 11.3 Å². The van der Waals surface area contributed by atoms with E-state index in [9.17, 15) is 8.42 Å². The molecule has 154 valence electrons. The van der Waals surface area contributed by atoms with Gasteiger partial charge >= 0.3 is 0 Å². The van der Waals surface area contributed by atoms with Crippen LogP contribution in [0, 0.1) is 0 Å². The Morgan fingerprint density at radius 2 is 1.77 bits per heavy atom. The first kappa shape index (κ1) is 20.6. The summed E-state index contributed by atoms with van der Waals surface area (Å²) in [7, 11) is -3.77. The minimum absolute atomic E-state index is 0.0860. The number of nitrogens with zero attached hydrogens (tertiary/aromatic N) is 2. The van der Waals surface area contributed by atoms with Crippen LogP contribution in [-0.2, 0) is 22.0 Å². The van der Waals surface area contributed by atoms with Crippen molar-refractivity contribution in [2.45, 2.75) is 37.6 Å². The van der Waals surface area contributed by atoms with Gasteiger partial charge in [-0.15, -0.1) is 4.40 Å². The molecule has 1 N–H and O–H groups in total. The molecule has 0 amide bonds. The van der Waals surface area contributed by atoms with Crippen LogP contribution in [0.2, 0.25) is 5.02 Å². The number of fused-ring (bicyclic) bond motifs is 1. The third kappa shape index (κ3) is 3.98. The smallest absolute Gasteiger partial charge is 0.285 e. The van der Waals surface area contributed by atoms with Gasteiger partial charge in [0.2, 0.25) is 0 Å². The highest BCUT2D eigenvalue weighted by atomic mass is 35.5. The van der Waals surface area contributed by atoms with Crippen LogP contribution in [0.3, 0.4) is 0 Å². The lowest BCUT2D eigenvalue weighted by atomic mass is 9.87. The van der Waals surface area contributed by atoms with Gasteiger partial charge in [0.15, 0.2) is 0 Å². The molecule has 30 heavy (non-hydrogen) atoms. The number of hydrogen-bond acceptors (Lipinski definition) is 4. The number of pyridine rings is 1. The van der Waals surface area contributed by atoms with Crippen LogP contribution in [0.1, 0.15) is 37.5 Å². The van der Waals surface area contributed by atoms with Crippen LogP contribution in [0.15, 0.2) is 70.1 Å². The third-order valence-electron chi connectivity index (χ3n) is 5.04. The summed E-state index contributed by atoms with van der Waals surface area (Å²) in [5.41, 5.74) is 4.11. The second-order valence-corrected chi connectivity index (χ2v) is 10.2. The predicted octanol–water partition coefficient (Wildman–Crippen LogP) is 4.94. The quantitative estimate of drug-likeness (QED) is 0.627. The van der Waals surface area contributed by atoms with E-state index in [4.69, 9.17) is 11.6 Å². The topological polar surface area (TPSA) is 71.4 Å². The Hall–Kier alpha value is -2.70. The van der Waals surface area contributed by atoms with Gasteiger partial charge < -0.3 is 5.32 Å². The zero-order chi connectivity index (χ0) is 21.5. The fourth-order valence-electron chi connectivity index (χ4n) is 3.33. The summed E-state index contributed by atoms with van der Waals surface area (Å²) in [6.45, 7) is 6.98. The van der Waals surface area contributed by atoms with Crippen molar-refractivity contribution in [3.63, 3.8) is 0 Å². The van der Waals surface area contributed by atoms with Crippen molar-refractivity contribution < 1.29 is 8.42 Å². The molecule has 0 radical (unpaired) electrons. The molecule has 0 bridgehead atoms. The summed E-state index contributed by atoms with van der Waals surface area (Å²) in [5, 5.41) is 3.63. The lowest BCUT2D eigenvalue weighted by molar-refractivity contribution is 0.590. The van der Waals surface area contributed by atoms with Gasteiger partial charge in [0, 0.05) is 23.9 Å². The van der Waals surface area contributed by atoms with Crippen LogP contribution in [0.5, 0.6) is 0 Å². The molecule has 0 unspecified atom stereocenters. The van der Waals surface area contributed by atoms with Crippen LogP contribution >= 0.6 is 11.6 Å². The monoisotopic (exact) mass is 439 g/mol. The van der Waals surface area contributed by atoms with Gasteiger partial charge in [0.25, 0.3) is 10.0 Å². The van der Waals surface area contributed by atoms with Gasteiger partial charge in [0.1, 0.15) is 10.7 Å². The second-order valence-electron chi connectivity index (χ2n) is 8.26. The maximum absolute atomic E-state index is 12.6. The van der Waals surface area contributed by atoms with Crippen LogP contribution < -0.4 is 5.32 Å². The van der Waals surface area contributed by atoms with Crippen LogP contribution in [-0.4, -0.2) is 19.2 Å². The van der Waals surface area contributed by atoms with E-state index in [0.717, 1.165) is 5.56 Å². The first-order valence-electron chi connectivity index (χ1n) is 9.59. The fraction of sp³-hybridized carbons (Fsp3) is 0.217. The Morgan fingerprint density at radius 1 is 1.03 bits per heavy atom. The Bertz CT molecular complexity index is 1240. The van der Waals surface area contributed by atoms with Crippen molar-refractivity contribution in [2.24, 2.45) is 4.40 Å². The van der Waals surface area contributed by atoms with Gasteiger partial charge in [-0.2, -0.15) is 8.42 Å². The van der Waals surface area contributed by atoms with Crippen molar-refractivity contribution >= 4 is 27.5 Å². The molecule has 2 aromatic carbocycles. The Labute approximate surface area is 181 Å². The molecule has 0 spiro atoms. The maximum Gasteiger partial charge on any atom is 0.285 e. The SMILES string of the molecule is CC(C)(C)c1ccc(CNC2=NS(=O)(=O)c3cc(-c4ncccc4Cl)ccc32)cc1. The normalized spacial score (nSPS) is 14.9. The Balaban J connectivity index is 1.58. The lowest BCUT2D eigenvalue weighted by Crippen LogP contribution is -2.22. The standard InChI is InChI=1S/C23H22ClN3O2S/c1-23(2,3)17-9-6-15(7-10-17)14-26-22-18-11-8-16(13-20(18)30(28,29)27-22)21-19(24)5-4-12-25-21/h4-13H,14H2,1-3H3,(H,26,27). The summed E-state index contributed by atoms with van der Waals surface area (Å²) < 4.78 is 29.2. The highest BCUT2D eigenvalue weighted by Crippen LogP contribution is 2.32. The maximum atomic E-state index is 12.6. The molecule has 0 fully saturated rings. The average Bonchev–Trinajstić information content (AvgIpc) is 2.96. The molecule has 1 aromatic heterocycles. The first-order chi connectivity index (χ1) is 14.1. The van der Waals surface area contributed by atoms with Crippen molar-refractivity contribution in [2.75, 3.05) is 0 Å². The Kier molecular flexibility index (Phi) is 5.16. The van der Waals surface area contributed by atoms with Gasteiger partial charge in [-0.25, -0.2) is 0 Å². The molecule has 4 rings (SSSR count). The fourth-order valence-corrected chi connectivity index (χ4v) is 4.78. The zero-order valence-electron chi connectivity index (χ0n) is 17.0. The van der Waals surface area contributed by atoms with Gasteiger partial charge in [0.05, 0.1) is 10.7 Å². The Morgan fingerprint density at radius 3 is 2.43 bits per heavy atom. The molecule has 0 saturated heterocycles. The van der Waals surface area contributed by atoms with E-state index in [0.29, 0.717) is 34.2 Å². The highest BCUT2D eigenvalue weighted by Gasteiger charge is 2.29. The van der Waals surface area contributed by atoms with E-state index in [1.54, 1.807) is 30.5 Å². The van der Waals surface area contributed by atoms with E-state index < -0.39 is 10.0 Å². The van der Waals surface area contributed by atoms with Gasteiger partial charge in [-0.3, -0.25) is 4.98 Å². The number of amidine groups is 1. The molecule has 0 aliphatic carbocycles. The number of hydrogen-bond donors (Lipinski definition) is 1. The average molecular weight is 440 g/mol. The van der Waals surface area contributed by atoms with Crippen molar-refractivity contribution in [3.05, 3.63) is 82.5 Å². The van der Waals surface area contributed by atoms with Crippen LogP contribution in [0.4, 0.5) is 0 Å². The van der Waals surface area contributed by atoms with E-state index in [1.807, 2.05) is 18.2 Å². The third-order valence-corrected chi connectivity index (χ3v) is 6.66. The molecule has 0 saturated carbocycles. The summed E-state index contributed by atoms with van der Waals surface area (Å²) in [4.78, 5) is 4.42. The van der Waals surface area contributed by atoms with E-state index in [2.05, 4.69) is 47.6 Å². The number of sulfonamides is 1. The summed E-state index contributed by atoms with van der Waals surface area (Å²) >= 11 is 6.21. The van der Waals surface area contributed by atoms with E-state index >= 15 is 0 Å². The van der Waals surface area contributed by atoms with Crippen molar-refractivity contribution in [1.82, 2.24) is 10.3 Å². The van der Waals surface area contributed by atoms with Crippen molar-refractivity contribution in [3.8, 4) is 11.3 Å². The van der Waals surface area contributed by atoms with Crippen molar-refractivity contribution in [1.29, 1.82) is 0 Å². The molecule has 5 nitrogen and oxygen atoms in total. The second kappa shape index (κ2) is 7.52. The largest absolute Gasteiger partial charge is 0.365 e. The summed E-state index contributed by atoms with van der Waals surface area (Å²) in [5.74, 6) is 0.351. The van der Waals surface area contributed by atoms with E-state index in [1.165, 1.54) is 5.56 Å². The zero-order valence-corrected chi connectivity index (χ0v) is 18.6. The molecular formula is C23H22ClN3O2S. The molecule has 1 aliphatic heterocycles. The number of nitrogens with one attached hydrogen (secondary N) is 1.